The number of carbonyl (C=O) groups excluding carboxylic acids is 2. The average molecular weight is 441 g/mol. The van der Waals surface area contributed by atoms with Gasteiger partial charge in [-0.05, 0) is 24.5 Å². The van der Waals surface area contributed by atoms with Crippen molar-refractivity contribution in [3.05, 3.63) is 52.9 Å². The molecule has 0 atom stereocenters. The predicted octanol–water partition coefficient (Wildman–Crippen LogP) is 4.63. The van der Waals surface area contributed by atoms with Gasteiger partial charge in [-0.25, -0.2) is 9.97 Å². The Balaban J connectivity index is 1.54. The second-order valence-electron chi connectivity index (χ2n) is 7.92. The molecule has 31 heavy (non-hydrogen) atoms. The van der Waals surface area contributed by atoms with E-state index in [4.69, 9.17) is 16.3 Å². The first-order valence-corrected chi connectivity index (χ1v) is 10.9. The Morgan fingerprint density at radius 2 is 2.00 bits per heavy atom. The molecule has 0 saturated heterocycles. The maximum absolute atomic E-state index is 13.0. The minimum Gasteiger partial charge on any atom is -0.468 e. The number of fused-ring (bicyclic) bond motifs is 1. The fourth-order valence-electron chi connectivity index (χ4n) is 4.21. The smallest absolute Gasteiger partial charge is 0.325 e. The molecular weight excluding hydrogens is 416 g/mol. The molecule has 1 amide bonds. The molecule has 1 aliphatic carbocycles. The van der Waals surface area contributed by atoms with E-state index < -0.39 is 11.9 Å². The lowest BCUT2D eigenvalue weighted by Gasteiger charge is -2.21. The maximum Gasteiger partial charge on any atom is 0.325 e. The number of ether oxygens (including phenoxy) is 1. The summed E-state index contributed by atoms with van der Waals surface area (Å²) in [5.41, 5.74) is 1.99. The number of benzene rings is 1. The van der Waals surface area contributed by atoms with Crippen molar-refractivity contribution in [2.24, 2.45) is 5.92 Å². The number of esters is 1. The van der Waals surface area contributed by atoms with Crippen LogP contribution in [0.15, 0.2) is 36.5 Å². The van der Waals surface area contributed by atoms with Gasteiger partial charge in [-0.3, -0.25) is 14.9 Å². The highest BCUT2D eigenvalue weighted by Crippen LogP contribution is 2.29. The van der Waals surface area contributed by atoms with Crippen molar-refractivity contribution in [2.75, 3.05) is 12.4 Å². The first kappa shape index (κ1) is 21.3. The van der Waals surface area contributed by atoms with Gasteiger partial charge in [-0.15, -0.1) is 0 Å². The molecule has 1 aliphatic rings. The Morgan fingerprint density at radius 3 is 2.74 bits per heavy atom. The standard InChI is InChI=1S/C23H25ClN4O3/c1-31-20(29)14-28-18-10-6-5-9-16(18)12-19(28)22(30)27-23-25-13-17(21(24)26-23)11-15-7-3-2-4-8-15/h5-6,9-10,12-13,15H,2-4,7-8,11,14H2,1H3,(H,25,26,27,30). The van der Waals surface area contributed by atoms with Gasteiger partial charge in [0, 0.05) is 22.7 Å². The average Bonchev–Trinajstić information content (AvgIpc) is 3.15. The van der Waals surface area contributed by atoms with E-state index in [2.05, 4.69) is 15.3 Å². The lowest BCUT2D eigenvalue weighted by Crippen LogP contribution is -2.21. The predicted molar refractivity (Wildman–Crippen MR) is 119 cm³/mol. The number of rotatable bonds is 6. The molecule has 0 unspecified atom stereocenters. The zero-order valence-electron chi connectivity index (χ0n) is 17.4. The molecule has 0 aliphatic heterocycles. The van der Waals surface area contributed by atoms with Crippen LogP contribution < -0.4 is 5.32 Å². The Hall–Kier alpha value is -2.93. The summed E-state index contributed by atoms with van der Waals surface area (Å²) in [5, 5.41) is 3.92. The minimum absolute atomic E-state index is 0.0747. The Kier molecular flexibility index (Phi) is 6.51. The van der Waals surface area contributed by atoms with Crippen LogP contribution in [0.2, 0.25) is 5.15 Å². The molecule has 7 nitrogen and oxygen atoms in total. The van der Waals surface area contributed by atoms with E-state index in [-0.39, 0.29) is 12.5 Å². The monoisotopic (exact) mass is 440 g/mol. The highest BCUT2D eigenvalue weighted by Gasteiger charge is 2.20. The number of anilines is 1. The largest absolute Gasteiger partial charge is 0.468 e. The van der Waals surface area contributed by atoms with Crippen molar-refractivity contribution in [1.82, 2.24) is 14.5 Å². The highest BCUT2D eigenvalue weighted by molar-refractivity contribution is 6.30. The molecule has 0 spiro atoms. The van der Waals surface area contributed by atoms with E-state index >= 15 is 0 Å². The second kappa shape index (κ2) is 9.47. The van der Waals surface area contributed by atoms with Gasteiger partial charge in [0.15, 0.2) is 0 Å². The van der Waals surface area contributed by atoms with E-state index in [1.54, 1.807) is 16.8 Å². The summed E-state index contributed by atoms with van der Waals surface area (Å²) in [6, 6.07) is 9.19. The number of halogens is 1. The van der Waals surface area contributed by atoms with Crippen molar-refractivity contribution in [2.45, 2.75) is 45.1 Å². The fraction of sp³-hybridized carbons (Fsp3) is 0.391. The number of para-hydroxylation sites is 1. The molecule has 1 fully saturated rings. The quantitative estimate of drug-likeness (QED) is 0.446. The lowest BCUT2D eigenvalue weighted by molar-refractivity contribution is -0.141. The summed E-state index contributed by atoms with van der Waals surface area (Å²) in [5.74, 6) is -0.112. The van der Waals surface area contributed by atoms with Gasteiger partial charge in [0.1, 0.15) is 17.4 Å². The molecule has 0 bridgehead atoms. The van der Waals surface area contributed by atoms with Crippen LogP contribution in [0, 0.1) is 5.92 Å². The number of nitrogens with one attached hydrogen (secondary N) is 1. The number of aromatic nitrogens is 3. The third-order valence-corrected chi connectivity index (χ3v) is 6.16. The van der Waals surface area contributed by atoms with Crippen LogP contribution in [0.5, 0.6) is 0 Å². The van der Waals surface area contributed by atoms with Crippen molar-refractivity contribution in [3.8, 4) is 0 Å². The lowest BCUT2D eigenvalue weighted by atomic mass is 9.85. The molecule has 3 aromatic rings. The van der Waals surface area contributed by atoms with Gasteiger partial charge in [-0.1, -0.05) is 61.9 Å². The topological polar surface area (TPSA) is 86.1 Å². The van der Waals surface area contributed by atoms with Crippen molar-refractivity contribution in [1.29, 1.82) is 0 Å². The summed E-state index contributed by atoms with van der Waals surface area (Å²) in [7, 11) is 1.32. The molecular formula is C23H25ClN4O3. The molecule has 2 heterocycles. The summed E-state index contributed by atoms with van der Waals surface area (Å²) < 4.78 is 6.40. The van der Waals surface area contributed by atoms with E-state index in [0.29, 0.717) is 16.8 Å². The normalized spacial score (nSPS) is 14.5. The summed E-state index contributed by atoms with van der Waals surface area (Å²) in [6.45, 7) is -0.0747. The van der Waals surface area contributed by atoms with Crippen molar-refractivity contribution in [3.63, 3.8) is 0 Å². The number of hydrogen-bond acceptors (Lipinski definition) is 5. The van der Waals surface area contributed by atoms with Crippen LogP contribution in [-0.2, 0) is 22.5 Å². The summed E-state index contributed by atoms with van der Waals surface area (Å²) in [6.07, 6.45) is 8.80. The van der Waals surface area contributed by atoms with Crippen molar-refractivity contribution < 1.29 is 14.3 Å². The number of hydrogen-bond donors (Lipinski definition) is 1. The highest BCUT2D eigenvalue weighted by atomic mass is 35.5. The van der Waals surface area contributed by atoms with E-state index in [0.717, 1.165) is 22.9 Å². The summed E-state index contributed by atoms with van der Waals surface area (Å²) in [4.78, 5) is 33.5. The zero-order chi connectivity index (χ0) is 21.8. The van der Waals surface area contributed by atoms with Gasteiger partial charge in [-0.2, -0.15) is 0 Å². The van der Waals surface area contributed by atoms with Crippen LogP contribution in [0.4, 0.5) is 5.95 Å². The van der Waals surface area contributed by atoms with Crippen LogP contribution in [0.1, 0.15) is 48.2 Å². The first-order chi connectivity index (χ1) is 15.0. The van der Waals surface area contributed by atoms with Crippen molar-refractivity contribution >= 4 is 40.3 Å². The van der Waals surface area contributed by atoms with E-state index in [9.17, 15) is 9.59 Å². The first-order valence-electron chi connectivity index (χ1n) is 10.5. The van der Waals surface area contributed by atoms with Gasteiger partial charge in [0.25, 0.3) is 5.91 Å². The van der Waals surface area contributed by atoms with Crippen LogP contribution >= 0.6 is 11.6 Å². The number of carbonyl (C=O) groups is 2. The van der Waals surface area contributed by atoms with Crippen LogP contribution in [-0.4, -0.2) is 33.5 Å². The molecule has 0 radical (unpaired) electrons. The van der Waals surface area contributed by atoms with Gasteiger partial charge in [0.05, 0.1) is 7.11 Å². The Bertz CT molecular complexity index is 1110. The molecule has 4 rings (SSSR count). The van der Waals surface area contributed by atoms with Gasteiger partial charge in [0.2, 0.25) is 5.95 Å². The Morgan fingerprint density at radius 1 is 1.23 bits per heavy atom. The summed E-state index contributed by atoms with van der Waals surface area (Å²) >= 11 is 6.39. The third-order valence-electron chi connectivity index (χ3n) is 5.83. The molecule has 2 aromatic heterocycles. The Labute approximate surface area is 185 Å². The number of methoxy groups -OCH3 is 1. The molecule has 8 heteroatoms. The van der Waals surface area contributed by atoms with E-state index in [1.165, 1.54) is 39.2 Å². The maximum atomic E-state index is 13.0. The zero-order valence-corrected chi connectivity index (χ0v) is 18.2. The van der Waals surface area contributed by atoms with E-state index in [1.807, 2.05) is 24.3 Å². The van der Waals surface area contributed by atoms with Crippen LogP contribution in [0.25, 0.3) is 10.9 Å². The number of nitrogens with zero attached hydrogens (tertiary/aromatic N) is 3. The second-order valence-corrected chi connectivity index (χ2v) is 8.28. The molecule has 162 valence electrons. The molecule has 1 N–H and O–H groups in total. The third kappa shape index (κ3) is 4.88. The van der Waals surface area contributed by atoms with Gasteiger partial charge < -0.3 is 9.30 Å². The van der Waals surface area contributed by atoms with Gasteiger partial charge >= 0.3 is 5.97 Å². The SMILES string of the molecule is COC(=O)Cn1c(C(=O)Nc2ncc(CC3CCCCC3)c(Cl)n2)cc2ccccc21. The molecule has 1 saturated carbocycles. The molecule has 1 aromatic carbocycles. The minimum atomic E-state index is -0.443. The fourth-order valence-corrected chi connectivity index (χ4v) is 4.42. The number of amides is 1. The van der Waals surface area contributed by atoms with Crippen LogP contribution in [0.3, 0.4) is 0 Å².